The predicted molar refractivity (Wildman–Crippen MR) is 54.0 cm³/mol. The number of hydrogen-bond acceptors (Lipinski definition) is 6. The van der Waals surface area contributed by atoms with Gasteiger partial charge in [0.15, 0.2) is 6.29 Å². The molecule has 1 aliphatic rings. The molecule has 6 nitrogen and oxygen atoms in total. The summed E-state index contributed by atoms with van der Waals surface area (Å²) in [5, 5.41) is 27.9. The summed E-state index contributed by atoms with van der Waals surface area (Å²) in [4.78, 5) is 9.58. The van der Waals surface area contributed by atoms with Gasteiger partial charge in [-0.25, -0.2) is 4.79 Å². The second-order valence-corrected chi connectivity index (χ2v) is 4.45. The highest BCUT2D eigenvalue weighted by atomic mass is 35.5. The van der Waals surface area contributed by atoms with Crippen LogP contribution in [-0.4, -0.2) is 57.3 Å². The first kappa shape index (κ1) is 14.0. The quantitative estimate of drug-likeness (QED) is 0.459. The highest BCUT2D eigenvalue weighted by Crippen LogP contribution is 2.19. The predicted octanol–water partition coefficient (Wildman–Crippen LogP) is -0.838. The normalized spacial score (nSPS) is 35.1. The number of hydrogen-bond donors (Lipinski definition) is 3. The van der Waals surface area contributed by atoms with Crippen LogP contribution >= 0.6 is 23.2 Å². The molecule has 1 fully saturated rings. The molecule has 0 radical (unpaired) electrons. The van der Waals surface area contributed by atoms with Crippen LogP contribution in [-0.2, 0) is 14.3 Å². The zero-order valence-electron chi connectivity index (χ0n) is 8.12. The second kappa shape index (κ2) is 6.00. The van der Waals surface area contributed by atoms with Gasteiger partial charge in [0.25, 0.3) is 0 Å². The van der Waals surface area contributed by atoms with E-state index in [2.05, 4.69) is 4.74 Å². The molecule has 94 valence electrons. The van der Waals surface area contributed by atoms with Crippen molar-refractivity contribution in [2.24, 2.45) is 0 Å². The van der Waals surface area contributed by atoms with Gasteiger partial charge in [0.2, 0.25) is 4.84 Å². The summed E-state index contributed by atoms with van der Waals surface area (Å²) < 4.78 is 9.48. The summed E-state index contributed by atoms with van der Waals surface area (Å²) in [6.45, 7) is -0.343. The summed E-state index contributed by atoms with van der Waals surface area (Å²) in [5.41, 5.74) is 0. The molecule has 0 aromatic rings. The standard InChI is InChI=1S/C8H12Cl2O6/c9-7(10)8(14)15-2-4-6(13)3(11)1-5(12)16-4/h3-7,11-13H,1-2H2/t3-,4?,5-,6-/m1/s1. The van der Waals surface area contributed by atoms with Crippen molar-refractivity contribution in [2.75, 3.05) is 6.61 Å². The fourth-order valence-electron chi connectivity index (χ4n) is 1.30. The molecule has 3 N–H and O–H groups in total. The molecule has 1 rings (SSSR count). The van der Waals surface area contributed by atoms with Crippen molar-refractivity contribution in [3.05, 3.63) is 0 Å². The molecule has 8 heteroatoms. The number of ether oxygens (including phenoxy) is 2. The van der Waals surface area contributed by atoms with Crippen molar-refractivity contribution in [2.45, 2.75) is 35.9 Å². The van der Waals surface area contributed by atoms with Gasteiger partial charge in [0.1, 0.15) is 18.8 Å². The fraction of sp³-hybridized carbons (Fsp3) is 0.875. The largest absolute Gasteiger partial charge is 0.461 e. The minimum Gasteiger partial charge on any atom is -0.461 e. The van der Waals surface area contributed by atoms with Gasteiger partial charge in [0.05, 0.1) is 6.10 Å². The third kappa shape index (κ3) is 3.73. The van der Waals surface area contributed by atoms with Gasteiger partial charge in [-0.1, -0.05) is 23.2 Å². The topological polar surface area (TPSA) is 96.2 Å². The molecule has 16 heavy (non-hydrogen) atoms. The van der Waals surface area contributed by atoms with Crippen LogP contribution in [0.1, 0.15) is 6.42 Å². The van der Waals surface area contributed by atoms with E-state index in [1.54, 1.807) is 0 Å². The Labute approximate surface area is 102 Å². The van der Waals surface area contributed by atoms with Crippen molar-refractivity contribution in [3.8, 4) is 0 Å². The average Bonchev–Trinajstić information content (AvgIpc) is 2.20. The zero-order chi connectivity index (χ0) is 12.3. The summed E-state index contributed by atoms with van der Waals surface area (Å²) in [5.74, 6) is -0.881. The minimum atomic E-state index is -1.32. The maximum atomic E-state index is 10.9. The van der Waals surface area contributed by atoms with Gasteiger partial charge in [0, 0.05) is 6.42 Å². The van der Waals surface area contributed by atoms with Crippen molar-refractivity contribution in [3.63, 3.8) is 0 Å². The number of carbonyl (C=O) groups is 1. The van der Waals surface area contributed by atoms with Crippen LogP contribution in [0.4, 0.5) is 0 Å². The van der Waals surface area contributed by atoms with Gasteiger partial charge >= 0.3 is 5.97 Å². The van der Waals surface area contributed by atoms with E-state index in [1.165, 1.54) is 0 Å². The van der Waals surface area contributed by atoms with E-state index in [0.29, 0.717) is 0 Å². The number of alkyl halides is 2. The highest BCUT2D eigenvalue weighted by Gasteiger charge is 2.36. The summed E-state index contributed by atoms with van der Waals surface area (Å²) in [7, 11) is 0. The number of aliphatic hydroxyl groups is 3. The average molecular weight is 275 g/mol. The molecule has 0 saturated carbocycles. The monoisotopic (exact) mass is 274 g/mol. The van der Waals surface area contributed by atoms with E-state index in [9.17, 15) is 15.0 Å². The lowest BCUT2D eigenvalue weighted by molar-refractivity contribution is -0.241. The first-order valence-corrected chi connectivity index (χ1v) is 5.43. The Hall–Kier alpha value is -0.110. The Kier molecular flexibility index (Phi) is 5.23. The first-order chi connectivity index (χ1) is 7.41. The Morgan fingerprint density at radius 1 is 1.44 bits per heavy atom. The van der Waals surface area contributed by atoms with Gasteiger partial charge in [-0.15, -0.1) is 0 Å². The molecule has 0 spiro atoms. The second-order valence-electron chi connectivity index (χ2n) is 3.35. The van der Waals surface area contributed by atoms with Crippen molar-refractivity contribution >= 4 is 29.2 Å². The van der Waals surface area contributed by atoms with Crippen LogP contribution in [0.3, 0.4) is 0 Å². The fourth-order valence-corrected chi connectivity index (χ4v) is 1.42. The smallest absolute Gasteiger partial charge is 0.339 e. The van der Waals surface area contributed by atoms with Crippen molar-refractivity contribution < 1.29 is 29.6 Å². The van der Waals surface area contributed by atoms with E-state index < -0.39 is 35.4 Å². The number of esters is 1. The van der Waals surface area contributed by atoms with Crippen LogP contribution in [0.2, 0.25) is 0 Å². The molecule has 0 amide bonds. The van der Waals surface area contributed by atoms with Crippen LogP contribution in [0, 0.1) is 0 Å². The Bertz CT molecular complexity index is 249. The molecule has 0 aromatic heterocycles. The van der Waals surface area contributed by atoms with Gasteiger partial charge in [-0.05, 0) is 0 Å². The van der Waals surface area contributed by atoms with E-state index in [0.717, 1.165) is 0 Å². The molecule has 0 aliphatic carbocycles. The number of carbonyl (C=O) groups excluding carboxylic acids is 1. The lowest BCUT2D eigenvalue weighted by Gasteiger charge is -2.34. The maximum absolute atomic E-state index is 10.9. The lowest BCUT2D eigenvalue weighted by Crippen LogP contribution is -2.50. The number of aliphatic hydroxyl groups excluding tert-OH is 3. The Morgan fingerprint density at radius 3 is 2.62 bits per heavy atom. The van der Waals surface area contributed by atoms with E-state index in [-0.39, 0.29) is 13.0 Å². The molecule has 1 heterocycles. The maximum Gasteiger partial charge on any atom is 0.339 e. The summed E-state index contributed by atoms with van der Waals surface area (Å²) >= 11 is 10.5. The molecule has 0 aromatic carbocycles. The molecular formula is C8H12Cl2O6. The van der Waals surface area contributed by atoms with Gasteiger partial charge in [-0.2, -0.15) is 0 Å². The van der Waals surface area contributed by atoms with Gasteiger partial charge < -0.3 is 24.8 Å². The minimum absolute atomic E-state index is 0.0980. The van der Waals surface area contributed by atoms with Crippen LogP contribution < -0.4 is 0 Å². The Morgan fingerprint density at radius 2 is 2.06 bits per heavy atom. The first-order valence-electron chi connectivity index (χ1n) is 4.56. The van der Waals surface area contributed by atoms with E-state index in [4.69, 9.17) is 33.0 Å². The molecule has 1 unspecified atom stereocenters. The third-order valence-corrected chi connectivity index (χ3v) is 2.47. The number of halogens is 2. The third-order valence-electron chi connectivity index (χ3n) is 2.12. The lowest BCUT2D eigenvalue weighted by atomic mass is 10.0. The molecule has 4 atom stereocenters. The SMILES string of the molecule is O=C(OCC1O[C@@H](O)C[C@@H](O)[C@H]1O)C(Cl)Cl. The van der Waals surface area contributed by atoms with Crippen LogP contribution in [0.5, 0.6) is 0 Å². The summed E-state index contributed by atoms with van der Waals surface area (Å²) in [6, 6.07) is 0. The van der Waals surface area contributed by atoms with Crippen molar-refractivity contribution in [1.29, 1.82) is 0 Å². The van der Waals surface area contributed by atoms with E-state index in [1.807, 2.05) is 0 Å². The zero-order valence-corrected chi connectivity index (χ0v) is 9.64. The highest BCUT2D eigenvalue weighted by molar-refractivity contribution is 6.52. The van der Waals surface area contributed by atoms with E-state index >= 15 is 0 Å². The van der Waals surface area contributed by atoms with Crippen LogP contribution in [0.15, 0.2) is 0 Å². The Balaban J connectivity index is 2.43. The van der Waals surface area contributed by atoms with Gasteiger partial charge in [-0.3, -0.25) is 0 Å². The molecule has 1 saturated heterocycles. The summed E-state index contributed by atoms with van der Waals surface area (Å²) in [6.07, 6.45) is -4.67. The molecular weight excluding hydrogens is 263 g/mol. The van der Waals surface area contributed by atoms with Crippen LogP contribution in [0.25, 0.3) is 0 Å². The van der Waals surface area contributed by atoms with Crippen molar-refractivity contribution in [1.82, 2.24) is 0 Å². The number of rotatable bonds is 3. The molecule has 1 aliphatic heterocycles. The molecule has 0 bridgehead atoms.